The van der Waals surface area contributed by atoms with Crippen molar-refractivity contribution in [2.75, 3.05) is 39.0 Å². The molecule has 112 valence electrons. The molecule has 1 atom stereocenters. The Bertz CT molecular complexity index is 384. The van der Waals surface area contributed by atoms with Gasteiger partial charge in [0.1, 0.15) is 0 Å². The Morgan fingerprint density at radius 2 is 1.80 bits per heavy atom. The molecule has 1 saturated heterocycles. The number of piperazine rings is 1. The maximum atomic E-state index is 9.37. The van der Waals surface area contributed by atoms with Crippen molar-refractivity contribution in [2.45, 2.75) is 30.8 Å². The zero-order valence-electron chi connectivity index (χ0n) is 12.6. The quantitative estimate of drug-likeness (QED) is 0.815. The van der Waals surface area contributed by atoms with Crippen LogP contribution >= 0.6 is 11.8 Å². The minimum absolute atomic E-state index is 0.284. The van der Waals surface area contributed by atoms with Crippen molar-refractivity contribution in [3.63, 3.8) is 0 Å². The molecule has 0 aliphatic carbocycles. The summed E-state index contributed by atoms with van der Waals surface area (Å²) in [7, 11) is 0. The van der Waals surface area contributed by atoms with Crippen LogP contribution in [-0.4, -0.2) is 60.0 Å². The smallest absolute Gasteiger partial charge is 0.0586 e. The average molecular weight is 294 g/mol. The molecule has 1 fully saturated rings. The molecule has 1 unspecified atom stereocenters. The van der Waals surface area contributed by atoms with Crippen LogP contribution in [0.5, 0.6) is 0 Å². The number of hydrogen-bond donors (Lipinski definition) is 1. The van der Waals surface area contributed by atoms with Crippen LogP contribution in [0.15, 0.2) is 29.2 Å². The van der Waals surface area contributed by atoms with E-state index in [1.165, 1.54) is 10.5 Å². The second-order valence-electron chi connectivity index (χ2n) is 5.40. The van der Waals surface area contributed by atoms with Crippen molar-refractivity contribution < 1.29 is 5.11 Å². The van der Waals surface area contributed by atoms with E-state index in [1.807, 2.05) is 0 Å². The second kappa shape index (κ2) is 8.03. The fourth-order valence-corrected chi connectivity index (χ4v) is 3.19. The largest absolute Gasteiger partial charge is 0.395 e. The van der Waals surface area contributed by atoms with Gasteiger partial charge in [-0.3, -0.25) is 9.80 Å². The molecular weight excluding hydrogens is 268 g/mol. The van der Waals surface area contributed by atoms with E-state index in [0.717, 1.165) is 39.1 Å². The molecule has 20 heavy (non-hydrogen) atoms. The third kappa shape index (κ3) is 4.22. The number of aliphatic hydroxyl groups is 1. The lowest BCUT2D eigenvalue weighted by atomic mass is 10.1. The predicted octanol–water partition coefficient (Wildman–Crippen LogP) is 2.30. The fraction of sp³-hybridized carbons (Fsp3) is 0.625. The Hall–Kier alpha value is -0.550. The van der Waals surface area contributed by atoms with Gasteiger partial charge in [0.15, 0.2) is 0 Å². The van der Waals surface area contributed by atoms with Gasteiger partial charge in [0, 0.05) is 43.7 Å². The minimum Gasteiger partial charge on any atom is -0.395 e. The van der Waals surface area contributed by atoms with Gasteiger partial charge in [0.25, 0.3) is 0 Å². The van der Waals surface area contributed by atoms with Crippen LogP contribution in [0.4, 0.5) is 0 Å². The standard InChI is InChI=1S/C16H26N2OS/c1-3-15(13-19)18-10-8-17(9-11-18)12-14-4-6-16(20-2)7-5-14/h4-7,15,19H,3,8-13H2,1-2H3. The number of rotatable bonds is 6. The topological polar surface area (TPSA) is 26.7 Å². The third-order valence-corrected chi connectivity index (χ3v) is 4.91. The number of benzene rings is 1. The van der Waals surface area contributed by atoms with Gasteiger partial charge >= 0.3 is 0 Å². The van der Waals surface area contributed by atoms with Gasteiger partial charge in [-0.1, -0.05) is 19.1 Å². The molecule has 0 bridgehead atoms. The average Bonchev–Trinajstić information content (AvgIpc) is 2.51. The van der Waals surface area contributed by atoms with Crippen molar-refractivity contribution in [1.29, 1.82) is 0 Å². The van der Waals surface area contributed by atoms with Gasteiger partial charge in [-0.05, 0) is 30.4 Å². The molecule has 0 amide bonds. The monoisotopic (exact) mass is 294 g/mol. The van der Waals surface area contributed by atoms with Gasteiger partial charge in [0.05, 0.1) is 6.61 Å². The van der Waals surface area contributed by atoms with Crippen LogP contribution in [0.3, 0.4) is 0 Å². The lowest BCUT2D eigenvalue weighted by Gasteiger charge is -2.38. The van der Waals surface area contributed by atoms with Gasteiger partial charge in [-0.2, -0.15) is 0 Å². The summed E-state index contributed by atoms with van der Waals surface area (Å²) in [5, 5.41) is 9.37. The zero-order chi connectivity index (χ0) is 14.4. The molecule has 0 spiro atoms. The molecular formula is C16H26N2OS. The Morgan fingerprint density at radius 1 is 1.15 bits per heavy atom. The van der Waals surface area contributed by atoms with Crippen LogP contribution in [0.1, 0.15) is 18.9 Å². The van der Waals surface area contributed by atoms with Crippen LogP contribution in [0.2, 0.25) is 0 Å². The van der Waals surface area contributed by atoms with Crippen molar-refractivity contribution in [3.8, 4) is 0 Å². The molecule has 1 heterocycles. The fourth-order valence-electron chi connectivity index (χ4n) is 2.78. The van der Waals surface area contributed by atoms with Crippen molar-refractivity contribution in [2.24, 2.45) is 0 Å². The second-order valence-corrected chi connectivity index (χ2v) is 6.28. The van der Waals surface area contributed by atoms with Gasteiger partial charge in [0.2, 0.25) is 0 Å². The van der Waals surface area contributed by atoms with Crippen molar-refractivity contribution >= 4 is 11.8 Å². The number of nitrogens with zero attached hydrogens (tertiary/aromatic N) is 2. The van der Waals surface area contributed by atoms with Gasteiger partial charge in [-0.25, -0.2) is 0 Å². The lowest BCUT2D eigenvalue weighted by molar-refractivity contribution is 0.0608. The van der Waals surface area contributed by atoms with E-state index in [4.69, 9.17) is 0 Å². The maximum Gasteiger partial charge on any atom is 0.0586 e. The highest BCUT2D eigenvalue weighted by atomic mass is 32.2. The highest BCUT2D eigenvalue weighted by molar-refractivity contribution is 7.98. The predicted molar refractivity (Wildman–Crippen MR) is 86.2 cm³/mol. The van der Waals surface area contributed by atoms with E-state index in [2.05, 4.69) is 47.2 Å². The third-order valence-electron chi connectivity index (χ3n) is 4.17. The van der Waals surface area contributed by atoms with Crippen molar-refractivity contribution in [1.82, 2.24) is 9.80 Å². The summed E-state index contributed by atoms with van der Waals surface area (Å²) in [4.78, 5) is 6.26. The molecule has 1 aromatic rings. The van der Waals surface area contributed by atoms with Gasteiger partial charge in [-0.15, -0.1) is 11.8 Å². The summed E-state index contributed by atoms with van der Waals surface area (Å²) in [5.41, 5.74) is 1.39. The molecule has 1 N–H and O–H groups in total. The molecule has 1 aliphatic heterocycles. The summed E-state index contributed by atoms with van der Waals surface area (Å²) in [6.45, 7) is 7.82. The Morgan fingerprint density at radius 3 is 2.30 bits per heavy atom. The maximum absolute atomic E-state index is 9.37. The summed E-state index contributed by atoms with van der Waals surface area (Å²) < 4.78 is 0. The first-order chi connectivity index (χ1) is 9.76. The van der Waals surface area contributed by atoms with Crippen LogP contribution in [-0.2, 0) is 6.54 Å². The van der Waals surface area contributed by atoms with Crippen LogP contribution < -0.4 is 0 Å². The molecule has 1 aliphatic rings. The SMILES string of the molecule is CCC(CO)N1CCN(Cc2ccc(SC)cc2)CC1. The first-order valence-corrected chi connectivity index (χ1v) is 8.69. The molecule has 4 heteroatoms. The first kappa shape index (κ1) is 15.8. The summed E-state index contributed by atoms with van der Waals surface area (Å²) in [6.07, 6.45) is 3.15. The highest BCUT2D eigenvalue weighted by Crippen LogP contribution is 2.17. The summed E-state index contributed by atoms with van der Waals surface area (Å²) >= 11 is 1.79. The summed E-state index contributed by atoms with van der Waals surface area (Å²) in [5.74, 6) is 0. The van der Waals surface area contributed by atoms with Gasteiger partial charge < -0.3 is 5.11 Å². The van der Waals surface area contributed by atoms with E-state index in [-0.39, 0.29) is 6.61 Å². The van der Waals surface area contributed by atoms with E-state index >= 15 is 0 Å². The number of hydrogen-bond acceptors (Lipinski definition) is 4. The van der Waals surface area contributed by atoms with E-state index in [9.17, 15) is 5.11 Å². The first-order valence-electron chi connectivity index (χ1n) is 7.47. The Labute approximate surface area is 127 Å². The Kier molecular flexibility index (Phi) is 6.36. The highest BCUT2D eigenvalue weighted by Gasteiger charge is 2.22. The minimum atomic E-state index is 0.284. The number of thioether (sulfide) groups is 1. The zero-order valence-corrected chi connectivity index (χ0v) is 13.4. The molecule has 0 aromatic heterocycles. The molecule has 0 saturated carbocycles. The van der Waals surface area contributed by atoms with Crippen LogP contribution in [0.25, 0.3) is 0 Å². The Balaban J connectivity index is 1.81. The molecule has 1 aromatic carbocycles. The summed E-state index contributed by atoms with van der Waals surface area (Å²) in [6, 6.07) is 9.23. The molecule has 0 radical (unpaired) electrons. The normalized spacial score (nSPS) is 19.1. The lowest BCUT2D eigenvalue weighted by Crippen LogP contribution is -2.50. The van der Waals surface area contributed by atoms with E-state index in [0.29, 0.717) is 6.04 Å². The molecule has 2 rings (SSSR count). The van der Waals surface area contributed by atoms with Crippen LogP contribution in [0, 0.1) is 0 Å². The molecule has 3 nitrogen and oxygen atoms in total. The van der Waals surface area contributed by atoms with E-state index in [1.54, 1.807) is 11.8 Å². The van der Waals surface area contributed by atoms with Crippen molar-refractivity contribution in [3.05, 3.63) is 29.8 Å². The number of aliphatic hydroxyl groups excluding tert-OH is 1. The van der Waals surface area contributed by atoms with E-state index < -0.39 is 0 Å².